The first-order valence-corrected chi connectivity index (χ1v) is 4.04. The molecule has 2 heteroatoms. The van der Waals surface area contributed by atoms with Crippen molar-refractivity contribution >= 4 is 0 Å². The van der Waals surface area contributed by atoms with Crippen molar-refractivity contribution in [2.45, 2.75) is 32.3 Å². The molecule has 0 aliphatic carbocycles. The molecule has 0 fully saturated rings. The number of ether oxygens (including phenoxy) is 1. The molecule has 0 amide bonds. The molecule has 0 saturated carbocycles. The van der Waals surface area contributed by atoms with Crippen molar-refractivity contribution in [3.63, 3.8) is 0 Å². The Kier molecular flexibility index (Phi) is 5.16. The molecule has 0 aromatic rings. The maximum Gasteiger partial charge on any atom is 0.0888 e. The van der Waals surface area contributed by atoms with Gasteiger partial charge in [-0.05, 0) is 13.3 Å². The molecular weight excluding hydrogens is 140 g/mol. The lowest BCUT2D eigenvalue weighted by molar-refractivity contribution is -0.0603. The first-order valence-electron chi connectivity index (χ1n) is 4.04. The van der Waals surface area contributed by atoms with Gasteiger partial charge in [-0.1, -0.05) is 19.4 Å². The molecule has 0 bridgehead atoms. The summed E-state index contributed by atoms with van der Waals surface area (Å²) in [4.78, 5) is 0. The van der Waals surface area contributed by atoms with E-state index in [0.717, 1.165) is 12.8 Å². The van der Waals surface area contributed by atoms with Crippen molar-refractivity contribution in [1.29, 1.82) is 0 Å². The maximum atomic E-state index is 8.98. The Hall–Kier alpha value is -0.340. The quantitative estimate of drug-likeness (QED) is 0.597. The third-order valence-electron chi connectivity index (χ3n) is 1.66. The summed E-state index contributed by atoms with van der Waals surface area (Å²) in [6, 6.07) is 0. The van der Waals surface area contributed by atoms with Gasteiger partial charge in [0, 0.05) is 0 Å². The molecule has 1 atom stereocenters. The second-order valence-electron chi connectivity index (χ2n) is 2.96. The Morgan fingerprint density at radius 2 is 2.27 bits per heavy atom. The van der Waals surface area contributed by atoms with Crippen LogP contribution in [0.15, 0.2) is 12.7 Å². The summed E-state index contributed by atoms with van der Waals surface area (Å²) in [7, 11) is 0. The molecule has 0 radical (unpaired) electrons. The van der Waals surface area contributed by atoms with E-state index in [2.05, 4.69) is 13.5 Å². The number of hydrogen-bond acceptors (Lipinski definition) is 2. The summed E-state index contributed by atoms with van der Waals surface area (Å²) >= 11 is 0. The molecular formula is C9H18O2. The van der Waals surface area contributed by atoms with Crippen LogP contribution >= 0.6 is 0 Å². The van der Waals surface area contributed by atoms with Gasteiger partial charge in [0.15, 0.2) is 0 Å². The van der Waals surface area contributed by atoms with Gasteiger partial charge >= 0.3 is 0 Å². The Bertz CT molecular complexity index is 112. The second kappa shape index (κ2) is 5.33. The average Bonchev–Trinajstić information content (AvgIpc) is 2.02. The first-order chi connectivity index (χ1) is 5.18. The Morgan fingerprint density at radius 1 is 1.64 bits per heavy atom. The van der Waals surface area contributed by atoms with E-state index in [4.69, 9.17) is 9.84 Å². The van der Waals surface area contributed by atoms with Crippen LogP contribution in [0.3, 0.4) is 0 Å². The van der Waals surface area contributed by atoms with E-state index in [1.807, 2.05) is 6.92 Å². The smallest absolute Gasteiger partial charge is 0.0888 e. The molecule has 2 nitrogen and oxygen atoms in total. The van der Waals surface area contributed by atoms with E-state index < -0.39 is 0 Å². The minimum Gasteiger partial charge on any atom is -0.393 e. The molecule has 11 heavy (non-hydrogen) atoms. The van der Waals surface area contributed by atoms with Crippen molar-refractivity contribution < 1.29 is 9.84 Å². The predicted molar refractivity (Wildman–Crippen MR) is 46.5 cm³/mol. The summed E-state index contributed by atoms with van der Waals surface area (Å²) in [5, 5.41) is 8.98. The van der Waals surface area contributed by atoms with E-state index in [9.17, 15) is 0 Å². The third-order valence-corrected chi connectivity index (χ3v) is 1.66. The van der Waals surface area contributed by atoms with Crippen LogP contribution in [0.2, 0.25) is 0 Å². The van der Waals surface area contributed by atoms with E-state index >= 15 is 0 Å². The molecule has 0 aliphatic heterocycles. The summed E-state index contributed by atoms with van der Waals surface area (Å²) in [6.45, 7) is 8.13. The van der Waals surface area contributed by atoms with Crippen LogP contribution in [0.4, 0.5) is 0 Å². The zero-order chi connectivity index (χ0) is 8.74. The lowest BCUT2D eigenvalue weighted by Crippen LogP contribution is -2.33. The SMILES string of the molecule is C=CCOC(C)(CO)CCC. The van der Waals surface area contributed by atoms with Gasteiger partial charge in [0.2, 0.25) is 0 Å². The van der Waals surface area contributed by atoms with Crippen molar-refractivity contribution in [2.75, 3.05) is 13.2 Å². The van der Waals surface area contributed by atoms with Crippen molar-refractivity contribution in [3.8, 4) is 0 Å². The van der Waals surface area contributed by atoms with Gasteiger partial charge in [0.25, 0.3) is 0 Å². The summed E-state index contributed by atoms with van der Waals surface area (Å²) in [5.74, 6) is 0. The van der Waals surface area contributed by atoms with E-state index in [1.54, 1.807) is 6.08 Å². The van der Waals surface area contributed by atoms with Crippen LogP contribution in [0.5, 0.6) is 0 Å². The van der Waals surface area contributed by atoms with Gasteiger partial charge in [-0.3, -0.25) is 0 Å². The number of aliphatic hydroxyl groups excluding tert-OH is 1. The fourth-order valence-corrected chi connectivity index (χ4v) is 0.986. The van der Waals surface area contributed by atoms with Crippen LogP contribution in [-0.2, 0) is 4.74 Å². The number of rotatable bonds is 6. The number of aliphatic hydroxyl groups is 1. The van der Waals surface area contributed by atoms with Gasteiger partial charge < -0.3 is 9.84 Å². The van der Waals surface area contributed by atoms with E-state index in [-0.39, 0.29) is 12.2 Å². The van der Waals surface area contributed by atoms with E-state index in [1.165, 1.54) is 0 Å². The summed E-state index contributed by atoms with van der Waals surface area (Å²) < 4.78 is 5.40. The standard InChI is InChI=1S/C9H18O2/c1-4-6-9(3,8-10)11-7-5-2/h5,10H,2,4,6-8H2,1,3H3. The van der Waals surface area contributed by atoms with Gasteiger partial charge in [0.1, 0.15) is 0 Å². The largest absolute Gasteiger partial charge is 0.393 e. The monoisotopic (exact) mass is 158 g/mol. The molecule has 0 aromatic heterocycles. The van der Waals surface area contributed by atoms with Crippen molar-refractivity contribution in [1.82, 2.24) is 0 Å². The zero-order valence-electron chi connectivity index (χ0n) is 7.47. The fraction of sp³-hybridized carbons (Fsp3) is 0.778. The summed E-state index contributed by atoms with van der Waals surface area (Å²) in [5.41, 5.74) is -0.372. The highest BCUT2D eigenvalue weighted by molar-refractivity contribution is 4.76. The number of hydrogen-bond donors (Lipinski definition) is 1. The van der Waals surface area contributed by atoms with Crippen LogP contribution in [0, 0.1) is 0 Å². The molecule has 1 N–H and O–H groups in total. The molecule has 0 aromatic carbocycles. The molecule has 0 heterocycles. The summed E-state index contributed by atoms with van der Waals surface area (Å²) in [6.07, 6.45) is 3.61. The molecule has 0 rings (SSSR count). The highest BCUT2D eigenvalue weighted by Crippen LogP contribution is 2.16. The third kappa shape index (κ3) is 4.17. The maximum absolute atomic E-state index is 8.98. The highest BCUT2D eigenvalue weighted by Gasteiger charge is 2.21. The Labute approximate surface area is 68.9 Å². The van der Waals surface area contributed by atoms with Crippen molar-refractivity contribution in [3.05, 3.63) is 12.7 Å². The first kappa shape index (κ1) is 10.7. The minimum absolute atomic E-state index is 0.0781. The van der Waals surface area contributed by atoms with Crippen LogP contribution in [-0.4, -0.2) is 23.9 Å². The van der Waals surface area contributed by atoms with Gasteiger partial charge in [-0.25, -0.2) is 0 Å². The lowest BCUT2D eigenvalue weighted by Gasteiger charge is -2.26. The normalized spacial score (nSPS) is 15.9. The predicted octanol–water partition coefficient (Wildman–Crippen LogP) is 1.74. The lowest BCUT2D eigenvalue weighted by atomic mass is 10.0. The van der Waals surface area contributed by atoms with Crippen LogP contribution in [0.25, 0.3) is 0 Å². The highest BCUT2D eigenvalue weighted by atomic mass is 16.5. The van der Waals surface area contributed by atoms with Crippen LogP contribution < -0.4 is 0 Å². The average molecular weight is 158 g/mol. The van der Waals surface area contributed by atoms with Crippen molar-refractivity contribution in [2.24, 2.45) is 0 Å². The second-order valence-corrected chi connectivity index (χ2v) is 2.96. The van der Waals surface area contributed by atoms with Gasteiger partial charge in [-0.15, -0.1) is 6.58 Å². The van der Waals surface area contributed by atoms with Crippen LogP contribution in [0.1, 0.15) is 26.7 Å². The molecule has 0 aliphatic rings. The molecule has 1 unspecified atom stereocenters. The molecule has 0 spiro atoms. The Balaban J connectivity index is 3.76. The Morgan fingerprint density at radius 3 is 2.64 bits per heavy atom. The minimum atomic E-state index is -0.372. The van der Waals surface area contributed by atoms with E-state index in [0.29, 0.717) is 6.61 Å². The molecule has 0 saturated heterocycles. The molecule has 66 valence electrons. The van der Waals surface area contributed by atoms with Gasteiger partial charge in [-0.2, -0.15) is 0 Å². The zero-order valence-corrected chi connectivity index (χ0v) is 7.47. The topological polar surface area (TPSA) is 29.5 Å². The fourth-order valence-electron chi connectivity index (χ4n) is 0.986. The van der Waals surface area contributed by atoms with Gasteiger partial charge in [0.05, 0.1) is 18.8 Å².